The summed E-state index contributed by atoms with van der Waals surface area (Å²) in [5.41, 5.74) is 4.51. The first-order chi connectivity index (χ1) is 17.9. The number of aryl methyl sites for hydroxylation is 3. The molecule has 1 aliphatic rings. The van der Waals surface area contributed by atoms with E-state index in [0.717, 1.165) is 35.1 Å². The Bertz CT molecular complexity index is 1250. The van der Waals surface area contributed by atoms with Crippen LogP contribution in [0.25, 0.3) is 0 Å². The number of carbonyl (C=O) groups is 2. The van der Waals surface area contributed by atoms with Gasteiger partial charge in [-0.25, -0.2) is 8.42 Å². The molecule has 10 heteroatoms. The van der Waals surface area contributed by atoms with Gasteiger partial charge < -0.3 is 15.0 Å². The minimum absolute atomic E-state index is 0.145. The van der Waals surface area contributed by atoms with E-state index in [9.17, 15) is 18.0 Å². The Labute approximate surface area is 226 Å². The monoisotopic (exact) mass is 544 g/mol. The van der Waals surface area contributed by atoms with Crippen LogP contribution in [0.15, 0.2) is 35.2 Å². The molecule has 1 N–H and O–H groups in total. The number of likely N-dealkylation sites (tertiary alicyclic amines) is 1. The molecule has 0 radical (unpaired) electrons. The summed E-state index contributed by atoms with van der Waals surface area (Å²) in [6.07, 6.45) is 2.52. The summed E-state index contributed by atoms with van der Waals surface area (Å²) >= 11 is 0. The maximum Gasteiger partial charge on any atom is 0.243 e. The van der Waals surface area contributed by atoms with E-state index in [1.165, 1.54) is 32.6 Å². The number of likely N-dealkylation sites (N-methyl/N-ethyl adjacent to an activating group) is 2. The third kappa shape index (κ3) is 7.33. The molecular weight excluding hydrogens is 504 g/mol. The molecule has 2 aromatic rings. The normalized spacial score (nSPS) is 14.1. The van der Waals surface area contributed by atoms with Crippen LogP contribution < -0.4 is 10.1 Å². The molecular formula is C28H40N4O5S. The zero-order valence-electron chi connectivity index (χ0n) is 23.3. The third-order valence-electron chi connectivity index (χ3n) is 6.99. The summed E-state index contributed by atoms with van der Waals surface area (Å²) < 4.78 is 32.5. The molecule has 1 fully saturated rings. The van der Waals surface area contributed by atoms with Crippen LogP contribution >= 0.6 is 0 Å². The van der Waals surface area contributed by atoms with Gasteiger partial charge in [-0.3, -0.25) is 14.5 Å². The quantitative estimate of drug-likeness (QED) is 0.467. The number of benzene rings is 2. The molecule has 0 aliphatic carbocycles. The first-order valence-electron chi connectivity index (χ1n) is 12.9. The smallest absolute Gasteiger partial charge is 0.243 e. The van der Waals surface area contributed by atoms with Crippen LogP contribution in [0.3, 0.4) is 0 Å². The second-order valence-corrected chi connectivity index (χ2v) is 12.1. The summed E-state index contributed by atoms with van der Waals surface area (Å²) in [6.45, 7) is 8.47. The molecule has 2 amide bonds. The van der Waals surface area contributed by atoms with Crippen LogP contribution in [0.4, 0.5) is 0 Å². The first-order valence-corrected chi connectivity index (χ1v) is 14.3. The lowest BCUT2D eigenvalue weighted by atomic mass is 10.0. The summed E-state index contributed by atoms with van der Waals surface area (Å²) in [5.74, 6) is -0.245. The van der Waals surface area contributed by atoms with Crippen molar-refractivity contribution in [3.05, 3.63) is 58.1 Å². The fourth-order valence-corrected chi connectivity index (χ4v) is 6.35. The molecule has 1 aliphatic heterocycles. The van der Waals surface area contributed by atoms with Crippen molar-refractivity contribution in [3.8, 4) is 5.75 Å². The first kappa shape index (κ1) is 29.6. The number of methoxy groups -OCH3 is 1. The molecule has 1 heterocycles. The van der Waals surface area contributed by atoms with E-state index in [4.69, 9.17) is 4.74 Å². The van der Waals surface area contributed by atoms with Gasteiger partial charge in [0.15, 0.2) is 0 Å². The molecule has 9 nitrogen and oxygen atoms in total. The maximum absolute atomic E-state index is 13.1. The van der Waals surface area contributed by atoms with Crippen molar-refractivity contribution in [2.75, 3.05) is 47.4 Å². The van der Waals surface area contributed by atoms with E-state index in [0.29, 0.717) is 23.4 Å². The Morgan fingerprint density at radius 2 is 1.63 bits per heavy atom. The number of amides is 2. The molecule has 3 rings (SSSR count). The van der Waals surface area contributed by atoms with Gasteiger partial charge in [-0.2, -0.15) is 4.31 Å². The number of hydrogen-bond donors (Lipinski definition) is 1. The lowest BCUT2D eigenvalue weighted by Crippen LogP contribution is -2.43. The number of nitrogens with one attached hydrogen (secondary N) is 1. The van der Waals surface area contributed by atoms with Gasteiger partial charge in [0.05, 0.1) is 25.1 Å². The minimum atomic E-state index is -3.91. The number of rotatable bonds is 11. The number of ether oxygens (including phenoxy) is 1. The molecule has 0 aromatic heterocycles. The Kier molecular flexibility index (Phi) is 9.92. The van der Waals surface area contributed by atoms with E-state index in [2.05, 4.69) is 28.4 Å². The van der Waals surface area contributed by atoms with Gasteiger partial charge in [-0.05, 0) is 86.7 Å². The van der Waals surface area contributed by atoms with E-state index in [1.807, 2.05) is 6.92 Å². The fraction of sp³-hybridized carbons (Fsp3) is 0.500. The second kappa shape index (κ2) is 12.7. The molecule has 2 aromatic carbocycles. The second-order valence-electron chi connectivity index (χ2n) is 10.1. The number of nitrogens with zero attached hydrogens (tertiary/aromatic N) is 3. The molecule has 0 spiro atoms. The Hall–Kier alpha value is -2.95. The molecule has 0 unspecified atom stereocenters. The molecule has 0 bridgehead atoms. The number of carbonyl (C=O) groups excluding carboxylic acids is 2. The van der Waals surface area contributed by atoms with Gasteiger partial charge in [0.1, 0.15) is 5.75 Å². The molecule has 0 atom stereocenters. The highest BCUT2D eigenvalue weighted by Gasteiger charge is 2.27. The van der Waals surface area contributed by atoms with Gasteiger partial charge in [-0.1, -0.05) is 18.2 Å². The van der Waals surface area contributed by atoms with Crippen LogP contribution in [0.2, 0.25) is 0 Å². The van der Waals surface area contributed by atoms with Crippen molar-refractivity contribution >= 4 is 21.8 Å². The average Bonchev–Trinajstić information content (AvgIpc) is 3.36. The molecule has 1 saturated heterocycles. The predicted octanol–water partition coefficient (Wildman–Crippen LogP) is 2.61. The lowest BCUT2D eigenvalue weighted by molar-refractivity contribution is -0.132. The Morgan fingerprint density at radius 3 is 2.21 bits per heavy atom. The lowest BCUT2D eigenvalue weighted by Gasteiger charge is -2.22. The van der Waals surface area contributed by atoms with Crippen LogP contribution in [0.1, 0.15) is 40.7 Å². The summed E-state index contributed by atoms with van der Waals surface area (Å²) in [6, 6.07) is 9.64. The van der Waals surface area contributed by atoms with E-state index in [-0.39, 0.29) is 17.3 Å². The summed E-state index contributed by atoms with van der Waals surface area (Å²) in [4.78, 5) is 29.3. The van der Waals surface area contributed by atoms with Gasteiger partial charge in [0, 0.05) is 27.2 Å². The van der Waals surface area contributed by atoms with Gasteiger partial charge in [0.25, 0.3) is 0 Å². The zero-order chi connectivity index (χ0) is 28.0. The highest BCUT2D eigenvalue weighted by atomic mass is 32.2. The molecule has 38 heavy (non-hydrogen) atoms. The van der Waals surface area contributed by atoms with E-state index >= 15 is 0 Å². The van der Waals surface area contributed by atoms with Gasteiger partial charge in [0.2, 0.25) is 21.8 Å². The van der Waals surface area contributed by atoms with E-state index < -0.39 is 22.5 Å². The highest BCUT2D eigenvalue weighted by molar-refractivity contribution is 7.89. The van der Waals surface area contributed by atoms with Crippen molar-refractivity contribution in [2.24, 2.45) is 0 Å². The average molecular weight is 545 g/mol. The van der Waals surface area contributed by atoms with Gasteiger partial charge >= 0.3 is 0 Å². The number of sulfonamides is 1. The topological polar surface area (TPSA) is 99.3 Å². The SMILES string of the molecule is COc1cc(C)c(S(=O)(=O)N(C)CC(=O)NCC(=O)N(C)Cc2ccc(CN3CCCC3)cc2C)c(C)c1. The summed E-state index contributed by atoms with van der Waals surface area (Å²) in [7, 11) is 0.647. The minimum Gasteiger partial charge on any atom is -0.497 e. The standard InChI is InChI=1S/C28H40N4O5S/c1-20-13-23(17-32-11-7-8-12-32)9-10-24(20)18-30(4)27(34)16-29-26(33)19-31(5)38(35,36)28-21(2)14-25(37-6)15-22(28)3/h9-10,13-15H,7-8,11-12,16-19H2,1-6H3,(H,29,33). The largest absolute Gasteiger partial charge is 0.497 e. The molecule has 208 valence electrons. The van der Waals surface area contributed by atoms with Crippen molar-refractivity contribution in [1.29, 1.82) is 0 Å². The Balaban J connectivity index is 1.52. The fourth-order valence-electron chi connectivity index (χ4n) is 4.82. The van der Waals surface area contributed by atoms with Crippen LogP contribution in [0.5, 0.6) is 5.75 Å². The van der Waals surface area contributed by atoms with Gasteiger partial charge in [-0.15, -0.1) is 0 Å². The van der Waals surface area contributed by atoms with E-state index in [1.54, 1.807) is 37.9 Å². The van der Waals surface area contributed by atoms with Crippen LogP contribution in [-0.2, 0) is 32.7 Å². The zero-order valence-corrected chi connectivity index (χ0v) is 24.2. The highest BCUT2D eigenvalue weighted by Crippen LogP contribution is 2.27. The van der Waals surface area contributed by atoms with Crippen LogP contribution in [-0.4, -0.2) is 81.7 Å². The maximum atomic E-state index is 13.1. The molecule has 0 saturated carbocycles. The van der Waals surface area contributed by atoms with Crippen molar-refractivity contribution in [1.82, 2.24) is 19.4 Å². The van der Waals surface area contributed by atoms with Crippen molar-refractivity contribution in [2.45, 2.75) is 51.6 Å². The predicted molar refractivity (Wildman–Crippen MR) is 147 cm³/mol. The Morgan fingerprint density at radius 1 is 1.00 bits per heavy atom. The number of hydrogen-bond acceptors (Lipinski definition) is 6. The summed E-state index contributed by atoms with van der Waals surface area (Å²) in [5, 5.41) is 2.55. The van der Waals surface area contributed by atoms with Crippen molar-refractivity contribution in [3.63, 3.8) is 0 Å². The van der Waals surface area contributed by atoms with Crippen molar-refractivity contribution < 1.29 is 22.7 Å². The third-order valence-corrected chi connectivity index (χ3v) is 9.10. The van der Waals surface area contributed by atoms with Crippen LogP contribution in [0, 0.1) is 20.8 Å².